The zero-order chi connectivity index (χ0) is 17.2. The Morgan fingerprint density at radius 3 is 2.48 bits per heavy atom. The maximum Gasteiger partial charge on any atom is 0.142 e. The van der Waals surface area contributed by atoms with Crippen LogP contribution in [0.1, 0.15) is 12.5 Å². The Kier molecular flexibility index (Phi) is 4.15. The van der Waals surface area contributed by atoms with E-state index in [0.29, 0.717) is 0 Å². The van der Waals surface area contributed by atoms with Crippen LogP contribution in [0.3, 0.4) is 0 Å². The summed E-state index contributed by atoms with van der Waals surface area (Å²) in [5.41, 5.74) is 4.09. The van der Waals surface area contributed by atoms with E-state index in [4.69, 9.17) is 0 Å². The van der Waals surface area contributed by atoms with Crippen LogP contribution in [0.15, 0.2) is 70.8 Å². The summed E-state index contributed by atoms with van der Waals surface area (Å²) in [6.07, 6.45) is 2.62. The van der Waals surface area contributed by atoms with Crippen LogP contribution in [0.2, 0.25) is 0 Å². The van der Waals surface area contributed by atoms with Gasteiger partial charge in [0.25, 0.3) is 0 Å². The third-order valence-corrected chi connectivity index (χ3v) is 5.14. The number of benzene rings is 2. The van der Waals surface area contributed by atoms with E-state index in [-0.39, 0.29) is 5.75 Å². The number of nitrogens with zero attached hydrogens (tertiary/aromatic N) is 2. The van der Waals surface area contributed by atoms with Gasteiger partial charge in [0.2, 0.25) is 0 Å². The number of phenolic OH excluding ortho intramolecular Hbond substituents is 1. The molecule has 2 heterocycles. The third kappa shape index (κ3) is 3.23. The zero-order valence-corrected chi connectivity index (χ0v) is 14.5. The smallest absolute Gasteiger partial charge is 0.142 e. The van der Waals surface area contributed by atoms with E-state index in [1.807, 2.05) is 12.1 Å². The van der Waals surface area contributed by atoms with Crippen LogP contribution in [0, 0.1) is 0 Å². The molecule has 2 aromatic heterocycles. The number of H-pyrrole nitrogens is 1. The number of rotatable bonds is 4. The molecule has 5 heteroatoms. The highest BCUT2D eigenvalue weighted by atomic mass is 32.2. The highest BCUT2D eigenvalue weighted by Crippen LogP contribution is 2.33. The standard InChI is InChI=1S/C20H17N3OS/c1-2-13-3-9-16(10-4-13)25-20-17-11-18(23-19(17)21-12-22-20)14-5-7-15(24)8-6-14/h3-12,24H,2H2,1H3,(H,21,22,23). The molecule has 124 valence electrons. The first-order chi connectivity index (χ1) is 12.2. The lowest BCUT2D eigenvalue weighted by molar-refractivity contribution is 0.475. The number of hydrogen-bond acceptors (Lipinski definition) is 4. The normalized spacial score (nSPS) is 11.1. The van der Waals surface area contributed by atoms with E-state index in [9.17, 15) is 5.11 Å². The second-order valence-corrected chi connectivity index (χ2v) is 6.83. The third-order valence-electron chi connectivity index (χ3n) is 4.11. The van der Waals surface area contributed by atoms with Crippen LogP contribution in [0.4, 0.5) is 0 Å². The molecule has 0 aliphatic carbocycles. The molecule has 0 radical (unpaired) electrons. The SMILES string of the molecule is CCc1ccc(Sc2ncnc3[nH]c(-c4ccc(O)cc4)cc23)cc1. The van der Waals surface area contributed by atoms with Crippen LogP contribution < -0.4 is 0 Å². The van der Waals surface area contributed by atoms with E-state index >= 15 is 0 Å². The van der Waals surface area contributed by atoms with Gasteiger partial charge in [0.05, 0.1) is 5.39 Å². The lowest BCUT2D eigenvalue weighted by Crippen LogP contribution is -1.85. The van der Waals surface area contributed by atoms with Crippen molar-refractivity contribution in [3.05, 3.63) is 66.5 Å². The minimum Gasteiger partial charge on any atom is -0.508 e. The molecule has 0 fully saturated rings. The molecule has 0 amide bonds. The van der Waals surface area contributed by atoms with Gasteiger partial charge < -0.3 is 10.1 Å². The van der Waals surface area contributed by atoms with Crippen molar-refractivity contribution < 1.29 is 5.11 Å². The number of fused-ring (bicyclic) bond motifs is 1. The second-order valence-electron chi connectivity index (χ2n) is 5.77. The van der Waals surface area contributed by atoms with Gasteiger partial charge in [-0.2, -0.15) is 0 Å². The quantitative estimate of drug-likeness (QED) is 0.508. The van der Waals surface area contributed by atoms with Crippen molar-refractivity contribution in [3.8, 4) is 17.0 Å². The number of aryl methyl sites for hydroxylation is 1. The Morgan fingerprint density at radius 1 is 1.00 bits per heavy atom. The van der Waals surface area contributed by atoms with Crippen molar-refractivity contribution in [2.75, 3.05) is 0 Å². The van der Waals surface area contributed by atoms with Crippen molar-refractivity contribution >= 4 is 22.8 Å². The Morgan fingerprint density at radius 2 is 1.76 bits per heavy atom. The highest BCUT2D eigenvalue weighted by Gasteiger charge is 2.11. The summed E-state index contributed by atoms with van der Waals surface area (Å²) in [7, 11) is 0. The van der Waals surface area contributed by atoms with E-state index in [1.54, 1.807) is 30.2 Å². The first kappa shape index (κ1) is 15.7. The molecule has 0 saturated carbocycles. The number of aromatic amines is 1. The van der Waals surface area contributed by atoms with E-state index in [1.165, 1.54) is 5.56 Å². The molecule has 0 spiro atoms. The monoisotopic (exact) mass is 347 g/mol. The number of nitrogens with one attached hydrogen (secondary N) is 1. The fraction of sp³-hybridized carbons (Fsp3) is 0.100. The minimum absolute atomic E-state index is 0.256. The Labute approximate surface area is 150 Å². The molecular weight excluding hydrogens is 330 g/mol. The molecule has 4 aromatic rings. The van der Waals surface area contributed by atoms with Crippen LogP contribution in [-0.4, -0.2) is 20.1 Å². The number of aromatic hydroxyl groups is 1. The van der Waals surface area contributed by atoms with Gasteiger partial charge >= 0.3 is 0 Å². The van der Waals surface area contributed by atoms with Crippen molar-refractivity contribution in [1.29, 1.82) is 0 Å². The van der Waals surface area contributed by atoms with E-state index < -0.39 is 0 Å². The lowest BCUT2D eigenvalue weighted by atomic mass is 10.1. The molecule has 0 bridgehead atoms. The van der Waals surface area contributed by atoms with Gasteiger partial charge in [-0.25, -0.2) is 9.97 Å². The van der Waals surface area contributed by atoms with Gasteiger partial charge in [0.15, 0.2) is 0 Å². The van der Waals surface area contributed by atoms with E-state index in [2.05, 4.69) is 52.2 Å². The molecular formula is C20H17N3OS. The summed E-state index contributed by atoms with van der Waals surface area (Å²) in [5.74, 6) is 0.256. The van der Waals surface area contributed by atoms with E-state index in [0.717, 1.165) is 38.6 Å². The number of hydrogen-bond donors (Lipinski definition) is 2. The van der Waals surface area contributed by atoms with Gasteiger partial charge in [-0.05, 0) is 60.0 Å². The Bertz CT molecular complexity index is 1010. The minimum atomic E-state index is 0.256. The Hall–Kier alpha value is -2.79. The first-order valence-corrected chi connectivity index (χ1v) is 8.94. The summed E-state index contributed by atoms with van der Waals surface area (Å²) in [5, 5.41) is 11.4. The number of aromatic nitrogens is 3. The van der Waals surface area contributed by atoms with Crippen molar-refractivity contribution in [2.45, 2.75) is 23.3 Å². The van der Waals surface area contributed by atoms with Crippen LogP contribution in [-0.2, 0) is 6.42 Å². The summed E-state index contributed by atoms with van der Waals surface area (Å²) in [6, 6.07) is 17.7. The Balaban J connectivity index is 1.70. The molecule has 2 N–H and O–H groups in total. The van der Waals surface area contributed by atoms with Gasteiger partial charge in [-0.1, -0.05) is 30.8 Å². The van der Waals surface area contributed by atoms with Crippen LogP contribution >= 0.6 is 11.8 Å². The van der Waals surface area contributed by atoms with Crippen LogP contribution in [0.25, 0.3) is 22.3 Å². The topological polar surface area (TPSA) is 61.8 Å². The maximum atomic E-state index is 9.45. The molecule has 0 aliphatic rings. The van der Waals surface area contributed by atoms with Gasteiger partial charge in [-0.3, -0.25) is 0 Å². The molecule has 0 atom stereocenters. The van der Waals surface area contributed by atoms with Crippen molar-refractivity contribution in [2.24, 2.45) is 0 Å². The predicted octanol–water partition coefficient (Wildman–Crippen LogP) is 5.04. The molecule has 0 aliphatic heterocycles. The largest absolute Gasteiger partial charge is 0.508 e. The molecule has 0 saturated heterocycles. The van der Waals surface area contributed by atoms with Gasteiger partial charge in [0, 0.05) is 10.6 Å². The first-order valence-electron chi connectivity index (χ1n) is 8.13. The second kappa shape index (κ2) is 6.61. The van der Waals surface area contributed by atoms with Gasteiger partial charge in [-0.15, -0.1) is 0 Å². The average molecular weight is 347 g/mol. The van der Waals surface area contributed by atoms with Crippen molar-refractivity contribution in [3.63, 3.8) is 0 Å². The molecule has 4 nitrogen and oxygen atoms in total. The van der Waals surface area contributed by atoms with Crippen molar-refractivity contribution in [1.82, 2.24) is 15.0 Å². The summed E-state index contributed by atoms with van der Waals surface area (Å²) in [4.78, 5) is 13.3. The predicted molar refractivity (Wildman–Crippen MR) is 101 cm³/mol. The molecule has 25 heavy (non-hydrogen) atoms. The van der Waals surface area contributed by atoms with Crippen LogP contribution in [0.5, 0.6) is 5.75 Å². The fourth-order valence-corrected chi connectivity index (χ4v) is 3.56. The summed E-state index contributed by atoms with van der Waals surface area (Å²) >= 11 is 1.64. The maximum absolute atomic E-state index is 9.45. The number of phenols is 1. The van der Waals surface area contributed by atoms with Gasteiger partial charge in [0.1, 0.15) is 22.7 Å². The summed E-state index contributed by atoms with van der Waals surface area (Å²) in [6.45, 7) is 2.15. The molecule has 2 aromatic carbocycles. The molecule has 4 rings (SSSR count). The molecule has 0 unspecified atom stereocenters. The summed E-state index contributed by atoms with van der Waals surface area (Å²) < 4.78 is 0. The fourth-order valence-electron chi connectivity index (χ4n) is 2.70. The average Bonchev–Trinajstić information content (AvgIpc) is 3.08. The highest BCUT2D eigenvalue weighted by molar-refractivity contribution is 7.99. The zero-order valence-electron chi connectivity index (χ0n) is 13.7. The lowest BCUT2D eigenvalue weighted by Gasteiger charge is -2.03.